The topological polar surface area (TPSA) is 112 Å². The Labute approximate surface area is 235 Å². The largest absolute Gasteiger partial charge is 3.00 e. The summed E-state index contributed by atoms with van der Waals surface area (Å²) >= 11 is 0. The van der Waals surface area contributed by atoms with Crippen molar-refractivity contribution in [3.8, 4) is 0 Å². The third-order valence-corrected chi connectivity index (χ3v) is 4.97. The molecule has 3 amide bonds. The first kappa shape index (κ1) is 42.0. The van der Waals surface area contributed by atoms with Gasteiger partial charge in [-0.15, -0.1) is 0 Å². The third-order valence-electron chi connectivity index (χ3n) is 4.97. The summed E-state index contributed by atoms with van der Waals surface area (Å²) < 4.78 is 0. The Morgan fingerprint density at radius 3 is 0.757 bits per heavy atom. The maximum absolute atomic E-state index is 11.1. The van der Waals surface area contributed by atoms with Crippen molar-refractivity contribution < 1.29 is 45.8 Å². The summed E-state index contributed by atoms with van der Waals surface area (Å²) in [6.07, 6.45) is 7.47. The minimum Gasteiger partial charge on any atom is -0.348 e. The van der Waals surface area contributed by atoms with Crippen LogP contribution in [0, 0.1) is 0 Å². The molecule has 0 aromatic heterocycles. The Hall–Kier alpha value is -2.06. The van der Waals surface area contributed by atoms with Gasteiger partial charge in [-0.1, -0.05) is 40.0 Å². The summed E-state index contributed by atoms with van der Waals surface area (Å²) in [5.74, 6) is -0.148. The summed E-state index contributed by atoms with van der Waals surface area (Å²) in [7, 11) is 9.97. The van der Waals surface area contributed by atoms with E-state index in [0.29, 0.717) is 19.3 Å². The van der Waals surface area contributed by atoms with Crippen LogP contribution in [0.2, 0.25) is 0 Å². The summed E-state index contributed by atoms with van der Waals surface area (Å²) in [5, 5.41) is 0. The second kappa shape index (κ2) is 27.0. The van der Waals surface area contributed by atoms with Crippen molar-refractivity contribution >= 4 is 35.1 Å². The zero-order chi connectivity index (χ0) is 28.7. The van der Waals surface area contributed by atoms with Crippen molar-refractivity contribution in [1.29, 1.82) is 0 Å². The summed E-state index contributed by atoms with van der Waals surface area (Å²) in [6.45, 7) is 6.09. The minimum atomic E-state index is -0.101. The van der Waals surface area contributed by atoms with Crippen LogP contribution < -0.4 is 0 Å². The van der Waals surface area contributed by atoms with Gasteiger partial charge in [0.1, 0.15) is 17.3 Å². The molecule has 0 bridgehead atoms. The smallest absolute Gasteiger partial charge is 0.348 e. The molecule has 215 valence electrons. The summed E-state index contributed by atoms with van der Waals surface area (Å²) in [5.41, 5.74) is 0. The molecule has 1 radical (unpaired) electrons. The number of hydrogen-bond acceptors (Lipinski definition) is 6. The van der Waals surface area contributed by atoms with Crippen molar-refractivity contribution in [2.24, 2.45) is 0 Å². The van der Waals surface area contributed by atoms with E-state index in [2.05, 4.69) is 0 Å². The molecule has 0 heterocycles. The van der Waals surface area contributed by atoms with Crippen molar-refractivity contribution in [3.63, 3.8) is 0 Å². The van der Waals surface area contributed by atoms with Crippen molar-refractivity contribution in [2.75, 3.05) is 42.3 Å². The van der Waals surface area contributed by atoms with Gasteiger partial charge in [-0.3, -0.25) is 28.8 Å². The fraction of sp³-hybridized carbons (Fsp3) is 0.778. The Morgan fingerprint density at radius 1 is 0.432 bits per heavy atom. The molecular formula is C27H51FeN3O6+3. The van der Waals surface area contributed by atoms with Gasteiger partial charge in [-0.25, -0.2) is 0 Å². The number of amides is 3. The second-order valence-corrected chi connectivity index (χ2v) is 9.32. The Morgan fingerprint density at radius 2 is 0.622 bits per heavy atom. The van der Waals surface area contributed by atoms with Crippen molar-refractivity contribution in [3.05, 3.63) is 0 Å². The van der Waals surface area contributed by atoms with Crippen LogP contribution in [0.15, 0.2) is 0 Å². The molecule has 0 aliphatic carbocycles. The van der Waals surface area contributed by atoms with Gasteiger partial charge >= 0.3 is 17.1 Å². The van der Waals surface area contributed by atoms with Gasteiger partial charge < -0.3 is 14.7 Å². The van der Waals surface area contributed by atoms with Gasteiger partial charge in [0.2, 0.25) is 17.7 Å². The van der Waals surface area contributed by atoms with Crippen LogP contribution in [-0.2, 0) is 45.8 Å². The average Bonchev–Trinajstić information content (AvgIpc) is 2.80. The van der Waals surface area contributed by atoms with E-state index < -0.39 is 0 Å². The van der Waals surface area contributed by atoms with E-state index in [1.165, 1.54) is 14.7 Å². The van der Waals surface area contributed by atoms with Crippen LogP contribution in [0.5, 0.6) is 0 Å². The zero-order valence-corrected chi connectivity index (χ0v) is 25.7. The number of carbonyl (C=O) groups is 6. The van der Waals surface area contributed by atoms with E-state index in [9.17, 15) is 28.8 Å². The Kier molecular flexibility index (Phi) is 30.7. The molecule has 0 atom stereocenters. The van der Waals surface area contributed by atoms with Gasteiger partial charge in [-0.05, 0) is 19.3 Å². The Balaban J connectivity index is -0.000000218. The van der Waals surface area contributed by atoms with E-state index in [1.54, 1.807) is 42.3 Å². The van der Waals surface area contributed by atoms with Crippen LogP contribution in [0.25, 0.3) is 0 Å². The minimum absolute atomic E-state index is 0. The normalized spacial score (nSPS) is 9.32. The van der Waals surface area contributed by atoms with Crippen molar-refractivity contribution in [2.45, 2.75) is 97.8 Å². The second-order valence-electron chi connectivity index (χ2n) is 9.32. The molecule has 0 rings (SSSR count). The number of Topliss-reactive ketones (excluding diaryl/α,β-unsaturated/α-hetero) is 3. The first-order chi connectivity index (χ1) is 16.7. The molecule has 0 unspecified atom stereocenters. The zero-order valence-electron chi connectivity index (χ0n) is 24.6. The first-order valence-corrected chi connectivity index (χ1v) is 12.9. The molecule has 0 saturated carbocycles. The van der Waals surface area contributed by atoms with E-state index in [0.717, 1.165) is 38.5 Å². The standard InChI is InChI=1S/3C9H17NO2.Fe/c3*1-4-5-6-8(11)7-9(12)10(2)3;/h3*4-7H2,1-3H3;/q;;;+3. The maximum atomic E-state index is 11.1. The Bertz CT molecular complexity index is 589. The number of unbranched alkanes of at least 4 members (excludes halogenated alkanes) is 3. The molecular weight excluding hydrogens is 518 g/mol. The predicted octanol–water partition coefficient (Wildman–Crippen LogP) is 3.67. The average molecular weight is 570 g/mol. The van der Waals surface area contributed by atoms with Gasteiger partial charge in [-0.2, -0.15) is 0 Å². The number of nitrogens with zero attached hydrogens (tertiary/aromatic N) is 3. The van der Waals surface area contributed by atoms with E-state index in [-0.39, 0.29) is 71.4 Å². The number of ketones is 3. The van der Waals surface area contributed by atoms with Crippen LogP contribution >= 0.6 is 0 Å². The van der Waals surface area contributed by atoms with Gasteiger partial charge in [0.05, 0.1) is 19.3 Å². The maximum Gasteiger partial charge on any atom is 3.00 e. The number of hydrogen-bond donors (Lipinski definition) is 0. The van der Waals surface area contributed by atoms with Crippen LogP contribution in [0.3, 0.4) is 0 Å². The van der Waals surface area contributed by atoms with Gasteiger partial charge in [0.25, 0.3) is 0 Å². The number of carbonyl (C=O) groups excluding carboxylic acids is 6. The fourth-order valence-electron chi connectivity index (χ4n) is 2.37. The van der Waals surface area contributed by atoms with Crippen molar-refractivity contribution in [1.82, 2.24) is 14.7 Å². The third kappa shape index (κ3) is 30.1. The molecule has 0 aliphatic heterocycles. The molecule has 0 fully saturated rings. The molecule has 0 aliphatic rings. The first-order valence-electron chi connectivity index (χ1n) is 12.9. The molecule has 0 saturated heterocycles. The van der Waals surface area contributed by atoms with E-state index >= 15 is 0 Å². The molecule has 9 nitrogen and oxygen atoms in total. The summed E-state index contributed by atoms with van der Waals surface area (Å²) in [4.78, 5) is 70.6. The summed E-state index contributed by atoms with van der Waals surface area (Å²) in [6, 6.07) is 0. The van der Waals surface area contributed by atoms with Gasteiger partial charge in [0.15, 0.2) is 0 Å². The van der Waals surface area contributed by atoms with Crippen LogP contribution in [0.4, 0.5) is 0 Å². The SMILES string of the molecule is CCCCC(=O)CC(=O)N(C)C.CCCCC(=O)CC(=O)N(C)C.CCCCC(=O)CC(=O)N(C)C.[Fe+3]. The number of rotatable bonds is 15. The molecule has 37 heavy (non-hydrogen) atoms. The van der Waals surface area contributed by atoms with Gasteiger partial charge in [0, 0.05) is 61.5 Å². The van der Waals surface area contributed by atoms with E-state index in [1.807, 2.05) is 20.8 Å². The molecule has 0 N–H and O–H groups in total. The van der Waals surface area contributed by atoms with Crippen LogP contribution in [-0.4, -0.2) is 92.1 Å². The molecule has 0 spiro atoms. The fourth-order valence-corrected chi connectivity index (χ4v) is 2.37. The quantitative estimate of drug-likeness (QED) is 0.220. The predicted molar refractivity (Wildman–Crippen MR) is 144 cm³/mol. The van der Waals surface area contributed by atoms with Crippen LogP contribution in [0.1, 0.15) is 97.8 Å². The van der Waals surface area contributed by atoms with E-state index in [4.69, 9.17) is 0 Å². The molecule has 10 heteroatoms. The molecule has 0 aromatic rings. The monoisotopic (exact) mass is 569 g/mol. The molecule has 0 aromatic carbocycles.